The van der Waals surface area contributed by atoms with Crippen LogP contribution in [0.1, 0.15) is 6.92 Å². The Hall–Kier alpha value is -1.34. The van der Waals surface area contributed by atoms with Gasteiger partial charge in [-0.1, -0.05) is 0 Å². The Kier molecular flexibility index (Phi) is 3.26. The van der Waals surface area contributed by atoms with E-state index in [1.165, 1.54) is 0 Å². The highest BCUT2D eigenvalue weighted by molar-refractivity contribution is 6.36. The van der Waals surface area contributed by atoms with Crippen molar-refractivity contribution in [3.8, 4) is 0 Å². The molecule has 1 heterocycles. The van der Waals surface area contributed by atoms with Gasteiger partial charge in [-0.15, -0.1) is 0 Å². The average Bonchev–Trinajstić information content (AvgIpc) is 2.41. The predicted molar refractivity (Wildman–Crippen MR) is 43.2 cm³/mol. The van der Waals surface area contributed by atoms with E-state index in [4.69, 9.17) is 5.11 Å². The maximum Gasteiger partial charge on any atom is 0.408 e. The fourth-order valence-electron chi connectivity index (χ4n) is 1.05. The normalized spacial score (nSPS) is 26.2. The Morgan fingerprint density at radius 2 is 2.43 bits per heavy atom. The summed E-state index contributed by atoms with van der Waals surface area (Å²) in [6.45, 7) is 1.11. The van der Waals surface area contributed by atoms with Crippen LogP contribution in [0.4, 0.5) is 0 Å². The molecule has 0 aromatic rings. The summed E-state index contributed by atoms with van der Waals surface area (Å²) in [4.78, 5) is 15.4. The fraction of sp³-hybridized carbons (Fsp3) is 0.714. The molecule has 2 N–H and O–H groups in total. The number of hydrogen-bond donors (Lipinski definition) is 2. The van der Waals surface area contributed by atoms with E-state index in [9.17, 15) is 15.1 Å². The number of aliphatic hydroxyl groups excluding tert-OH is 2. The summed E-state index contributed by atoms with van der Waals surface area (Å²) in [6, 6.07) is 0. The van der Waals surface area contributed by atoms with Gasteiger partial charge in [-0.2, -0.15) is 0 Å². The first-order valence-electron chi connectivity index (χ1n) is 4.08. The van der Waals surface area contributed by atoms with E-state index >= 15 is 0 Å². The molecule has 14 heavy (non-hydrogen) atoms. The molecular formula is C7H11NO6. The van der Waals surface area contributed by atoms with Crippen LogP contribution in [0.3, 0.4) is 0 Å². The number of aliphatic hydroxyl groups is 2. The molecule has 0 aromatic heterocycles. The molecule has 7 nitrogen and oxygen atoms in total. The van der Waals surface area contributed by atoms with E-state index in [1.807, 2.05) is 0 Å². The second kappa shape index (κ2) is 4.25. The lowest BCUT2D eigenvalue weighted by atomic mass is 10.1. The molecule has 0 fully saturated rings. The lowest BCUT2D eigenvalue weighted by Crippen LogP contribution is -2.37. The molecule has 7 heteroatoms. The third kappa shape index (κ3) is 1.78. The van der Waals surface area contributed by atoms with Crippen LogP contribution in [0.2, 0.25) is 0 Å². The van der Waals surface area contributed by atoms with E-state index in [0.29, 0.717) is 0 Å². The van der Waals surface area contributed by atoms with E-state index < -0.39 is 30.5 Å². The van der Waals surface area contributed by atoms with Gasteiger partial charge in [-0.05, 0) is 6.92 Å². The van der Waals surface area contributed by atoms with Crippen LogP contribution in [0.25, 0.3) is 0 Å². The first-order chi connectivity index (χ1) is 6.61. The van der Waals surface area contributed by atoms with Crippen LogP contribution < -0.4 is 0 Å². The molecule has 2 atom stereocenters. The largest absolute Gasteiger partial charge is 0.458 e. The summed E-state index contributed by atoms with van der Waals surface area (Å²) in [5.74, 6) is -0.939. The second-order valence-corrected chi connectivity index (χ2v) is 2.63. The van der Waals surface area contributed by atoms with Gasteiger partial charge in [0, 0.05) is 0 Å². The zero-order valence-electron chi connectivity index (χ0n) is 7.54. The lowest BCUT2D eigenvalue weighted by molar-refractivity contribution is -0.740. The van der Waals surface area contributed by atoms with E-state index in [2.05, 4.69) is 9.57 Å². The first kappa shape index (κ1) is 10.7. The summed E-state index contributed by atoms with van der Waals surface area (Å²) in [7, 11) is 0. The maximum absolute atomic E-state index is 11.1. The highest BCUT2D eigenvalue weighted by Gasteiger charge is 2.44. The molecule has 0 saturated heterocycles. The van der Waals surface area contributed by atoms with Crippen LogP contribution in [0.5, 0.6) is 0 Å². The van der Waals surface area contributed by atoms with Crippen molar-refractivity contribution < 1.29 is 29.5 Å². The maximum atomic E-state index is 11.1. The minimum Gasteiger partial charge on any atom is -0.458 e. The number of ether oxygens (including phenoxy) is 1. The average molecular weight is 205 g/mol. The molecule has 0 saturated carbocycles. The second-order valence-electron chi connectivity index (χ2n) is 2.63. The SMILES string of the molecule is CCOC(=O)C1=[N+]([O-])O[C@@H](CO)[C@@H]1O. The Balaban J connectivity index is 2.77. The van der Waals surface area contributed by atoms with Crippen LogP contribution in [-0.4, -0.2) is 52.2 Å². The number of esters is 1. The molecule has 0 amide bonds. The Bertz CT molecular complexity index is 263. The zero-order valence-corrected chi connectivity index (χ0v) is 7.54. The smallest absolute Gasteiger partial charge is 0.408 e. The van der Waals surface area contributed by atoms with Gasteiger partial charge in [0.2, 0.25) is 0 Å². The molecular weight excluding hydrogens is 194 g/mol. The van der Waals surface area contributed by atoms with Gasteiger partial charge in [0.1, 0.15) is 6.10 Å². The summed E-state index contributed by atoms with van der Waals surface area (Å²) >= 11 is 0. The highest BCUT2D eigenvalue weighted by atomic mass is 16.9. The molecule has 80 valence electrons. The molecule has 0 radical (unpaired) electrons. The van der Waals surface area contributed by atoms with Crippen molar-refractivity contribution in [3.05, 3.63) is 5.21 Å². The van der Waals surface area contributed by atoms with Crippen molar-refractivity contribution >= 4 is 11.7 Å². The molecule has 0 aromatic carbocycles. The number of carbonyl (C=O) groups excluding carboxylic acids is 1. The summed E-state index contributed by atoms with van der Waals surface area (Å²) in [5, 5.41) is 29.0. The molecule has 0 unspecified atom stereocenters. The van der Waals surface area contributed by atoms with Crippen LogP contribution in [-0.2, 0) is 14.4 Å². The van der Waals surface area contributed by atoms with Gasteiger partial charge >= 0.3 is 11.7 Å². The topological polar surface area (TPSA) is 102 Å². The van der Waals surface area contributed by atoms with Crippen molar-refractivity contribution in [1.82, 2.24) is 0 Å². The molecule has 0 bridgehead atoms. The van der Waals surface area contributed by atoms with Gasteiger partial charge in [0.05, 0.1) is 18.1 Å². The quantitative estimate of drug-likeness (QED) is 0.415. The van der Waals surface area contributed by atoms with E-state index in [-0.39, 0.29) is 11.5 Å². The van der Waals surface area contributed by atoms with Crippen LogP contribution in [0.15, 0.2) is 0 Å². The standard InChI is InChI=1S/C7H11NO6/c1-2-13-7(11)5-6(10)4(3-9)14-8(5)12/h4,6,9-10H,2-3H2,1H3/t4-,6-/m0/s1. The summed E-state index contributed by atoms with van der Waals surface area (Å²) in [6.07, 6.45) is -2.55. The minimum atomic E-state index is -1.45. The number of rotatable bonds is 3. The Morgan fingerprint density at radius 3 is 2.86 bits per heavy atom. The molecule has 1 aliphatic heterocycles. The number of hydrogen-bond acceptors (Lipinski definition) is 6. The number of carbonyl (C=O) groups is 1. The highest BCUT2D eigenvalue weighted by Crippen LogP contribution is 2.11. The Labute approximate surface area is 79.7 Å². The van der Waals surface area contributed by atoms with Crippen LogP contribution in [0, 0.1) is 5.21 Å². The van der Waals surface area contributed by atoms with Crippen LogP contribution >= 0.6 is 0 Å². The van der Waals surface area contributed by atoms with Crippen molar-refractivity contribution in [2.24, 2.45) is 0 Å². The van der Waals surface area contributed by atoms with E-state index in [1.54, 1.807) is 6.92 Å². The fourth-order valence-corrected chi connectivity index (χ4v) is 1.05. The summed E-state index contributed by atoms with van der Waals surface area (Å²) < 4.78 is 4.52. The van der Waals surface area contributed by atoms with Crippen molar-refractivity contribution in [3.63, 3.8) is 0 Å². The summed E-state index contributed by atoms with van der Waals surface area (Å²) in [5.41, 5.74) is -0.536. The zero-order chi connectivity index (χ0) is 10.7. The van der Waals surface area contributed by atoms with Crippen molar-refractivity contribution in [1.29, 1.82) is 0 Å². The third-order valence-corrected chi connectivity index (χ3v) is 1.72. The third-order valence-electron chi connectivity index (χ3n) is 1.72. The van der Waals surface area contributed by atoms with Gasteiger partial charge in [0.25, 0.3) is 0 Å². The van der Waals surface area contributed by atoms with Crippen molar-refractivity contribution in [2.75, 3.05) is 13.2 Å². The van der Waals surface area contributed by atoms with Gasteiger partial charge in [-0.25, -0.2) is 4.79 Å². The van der Waals surface area contributed by atoms with Crippen molar-refractivity contribution in [2.45, 2.75) is 19.1 Å². The van der Waals surface area contributed by atoms with Gasteiger partial charge < -0.3 is 19.8 Å². The lowest BCUT2D eigenvalue weighted by Gasteiger charge is -2.09. The van der Waals surface area contributed by atoms with Gasteiger partial charge in [0.15, 0.2) is 6.10 Å². The number of nitrogens with zero attached hydrogens (tertiary/aromatic N) is 1. The molecule has 1 aliphatic rings. The van der Waals surface area contributed by atoms with E-state index in [0.717, 1.165) is 0 Å². The first-order valence-corrected chi connectivity index (χ1v) is 4.08. The Morgan fingerprint density at radius 1 is 1.79 bits per heavy atom. The monoisotopic (exact) mass is 205 g/mol. The molecule has 1 rings (SSSR count). The molecule has 0 spiro atoms. The van der Waals surface area contributed by atoms with Gasteiger partial charge in [-0.3, -0.25) is 5.21 Å². The minimum absolute atomic E-state index is 0.0900. The predicted octanol–water partition coefficient (Wildman–Crippen LogP) is -1.83. The molecule has 0 aliphatic carbocycles.